The molecule has 5 nitrogen and oxygen atoms in total. The molecule has 2 aromatic heterocycles. The van der Waals surface area contributed by atoms with Crippen LogP contribution in [0.1, 0.15) is 18.7 Å². The first-order valence-corrected chi connectivity index (χ1v) is 9.03. The van der Waals surface area contributed by atoms with Crippen LogP contribution in [-0.4, -0.2) is 15.5 Å². The van der Waals surface area contributed by atoms with Gasteiger partial charge in [-0.1, -0.05) is 23.7 Å². The average Bonchev–Trinajstić information content (AvgIpc) is 3.33. The van der Waals surface area contributed by atoms with Gasteiger partial charge in [0.25, 0.3) is 0 Å². The molecule has 2 aromatic carbocycles. The minimum absolute atomic E-state index is 0.0948. The van der Waals surface area contributed by atoms with Crippen molar-refractivity contribution in [3.63, 3.8) is 0 Å². The number of aromatic nitrogens is 2. The number of nitrogens with one attached hydrogen (secondary N) is 1. The molecule has 0 saturated carbocycles. The van der Waals surface area contributed by atoms with E-state index >= 15 is 0 Å². The molecule has 0 aliphatic rings. The van der Waals surface area contributed by atoms with E-state index in [1.165, 1.54) is 0 Å². The monoisotopic (exact) mass is 379 g/mol. The van der Waals surface area contributed by atoms with E-state index in [9.17, 15) is 4.79 Å². The number of hydrogen-bond donors (Lipinski definition) is 1. The van der Waals surface area contributed by atoms with Gasteiger partial charge in [0.05, 0.1) is 23.9 Å². The van der Waals surface area contributed by atoms with E-state index in [1.54, 1.807) is 6.33 Å². The normalized spacial score (nSPS) is 12.2. The third-order valence-corrected chi connectivity index (χ3v) is 4.76. The first-order chi connectivity index (χ1) is 13.1. The molecule has 0 saturated heterocycles. The molecule has 0 fully saturated rings. The van der Waals surface area contributed by atoms with Crippen molar-refractivity contribution < 1.29 is 9.21 Å². The quantitative estimate of drug-likeness (QED) is 0.540. The van der Waals surface area contributed by atoms with Gasteiger partial charge in [0.1, 0.15) is 17.6 Å². The molecule has 1 amide bonds. The van der Waals surface area contributed by atoms with Crippen LogP contribution in [0.25, 0.3) is 22.4 Å². The predicted molar refractivity (Wildman–Crippen MR) is 105 cm³/mol. The van der Waals surface area contributed by atoms with E-state index in [2.05, 4.69) is 10.3 Å². The third-order valence-electron chi connectivity index (χ3n) is 4.51. The summed E-state index contributed by atoms with van der Waals surface area (Å²) in [5.74, 6) is 1.34. The lowest BCUT2D eigenvalue weighted by Crippen LogP contribution is -2.30. The Morgan fingerprint density at radius 3 is 2.74 bits per heavy atom. The molecule has 0 radical (unpaired) electrons. The Balaban J connectivity index is 1.42. The zero-order valence-electron chi connectivity index (χ0n) is 14.7. The van der Waals surface area contributed by atoms with Gasteiger partial charge < -0.3 is 14.3 Å². The van der Waals surface area contributed by atoms with Crippen LogP contribution in [0, 0.1) is 0 Å². The molecule has 6 heteroatoms. The minimum atomic E-state index is -0.372. The molecule has 1 unspecified atom stereocenters. The lowest BCUT2D eigenvalue weighted by molar-refractivity contribution is -0.124. The van der Waals surface area contributed by atoms with Crippen LogP contribution in [-0.2, 0) is 11.3 Å². The van der Waals surface area contributed by atoms with Crippen molar-refractivity contribution in [2.45, 2.75) is 19.5 Å². The van der Waals surface area contributed by atoms with Crippen molar-refractivity contribution in [2.24, 2.45) is 0 Å². The van der Waals surface area contributed by atoms with E-state index in [-0.39, 0.29) is 11.9 Å². The maximum absolute atomic E-state index is 12.6. The summed E-state index contributed by atoms with van der Waals surface area (Å²) in [6, 6.07) is 18.6. The fourth-order valence-corrected chi connectivity index (χ4v) is 3.10. The smallest absolute Gasteiger partial charge is 0.243 e. The van der Waals surface area contributed by atoms with Gasteiger partial charge in [0, 0.05) is 10.6 Å². The van der Waals surface area contributed by atoms with Crippen molar-refractivity contribution in [2.75, 3.05) is 0 Å². The molecule has 2 heterocycles. The number of hydrogen-bond acceptors (Lipinski definition) is 3. The highest BCUT2D eigenvalue weighted by Gasteiger charge is 2.17. The molecule has 1 atom stereocenters. The number of para-hydroxylation sites is 2. The Hall–Kier alpha value is -3.05. The predicted octanol–water partition coefficient (Wildman–Crippen LogP) is 4.83. The number of imidazole rings is 1. The second kappa shape index (κ2) is 7.29. The van der Waals surface area contributed by atoms with Crippen molar-refractivity contribution >= 4 is 28.5 Å². The highest BCUT2D eigenvalue weighted by molar-refractivity contribution is 6.30. The van der Waals surface area contributed by atoms with Gasteiger partial charge in [-0.3, -0.25) is 4.79 Å². The van der Waals surface area contributed by atoms with Gasteiger partial charge in [-0.15, -0.1) is 0 Å². The number of nitrogens with zero attached hydrogens (tertiary/aromatic N) is 2. The number of halogens is 1. The number of carbonyl (C=O) groups is 1. The Morgan fingerprint density at radius 2 is 1.93 bits per heavy atom. The number of rotatable bonds is 5. The number of carbonyl (C=O) groups excluding carboxylic acids is 1. The van der Waals surface area contributed by atoms with Gasteiger partial charge in [-0.05, 0) is 55.5 Å². The van der Waals surface area contributed by atoms with Gasteiger partial charge in [-0.25, -0.2) is 4.98 Å². The first-order valence-electron chi connectivity index (χ1n) is 8.66. The summed E-state index contributed by atoms with van der Waals surface area (Å²) in [6.07, 6.45) is 1.69. The van der Waals surface area contributed by atoms with Crippen LogP contribution < -0.4 is 5.32 Å². The van der Waals surface area contributed by atoms with Crippen LogP contribution >= 0.6 is 11.6 Å². The first kappa shape index (κ1) is 17.4. The van der Waals surface area contributed by atoms with Gasteiger partial charge in [0.15, 0.2) is 0 Å². The molecule has 27 heavy (non-hydrogen) atoms. The highest BCUT2D eigenvalue weighted by Crippen LogP contribution is 2.24. The van der Waals surface area contributed by atoms with E-state index in [0.29, 0.717) is 17.3 Å². The molecule has 0 bridgehead atoms. The fraction of sp³-hybridized carbons (Fsp3) is 0.143. The lowest BCUT2D eigenvalue weighted by Gasteiger charge is -2.14. The van der Waals surface area contributed by atoms with Crippen molar-refractivity contribution in [3.05, 3.63) is 77.8 Å². The topological polar surface area (TPSA) is 60.1 Å². The Kier molecular flexibility index (Phi) is 4.69. The third kappa shape index (κ3) is 3.59. The van der Waals surface area contributed by atoms with E-state index in [4.69, 9.17) is 16.0 Å². The molecular weight excluding hydrogens is 362 g/mol. The molecule has 0 spiro atoms. The number of benzene rings is 2. The number of furan rings is 1. The summed E-state index contributed by atoms with van der Waals surface area (Å²) in [7, 11) is 0. The molecule has 0 aliphatic heterocycles. The molecule has 0 aliphatic carbocycles. The van der Waals surface area contributed by atoms with Gasteiger partial charge >= 0.3 is 0 Å². The lowest BCUT2D eigenvalue weighted by atomic mass is 10.2. The second-order valence-corrected chi connectivity index (χ2v) is 6.74. The van der Waals surface area contributed by atoms with Crippen LogP contribution in [0.15, 0.2) is 71.4 Å². The highest BCUT2D eigenvalue weighted by atomic mass is 35.5. The molecule has 4 aromatic rings. The number of amides is 1. The van der Waals surface area contributed by atoms with Crippen LogP contribution in [0.2, 0.25) is 5.02 Å². The summed E-state index contributed by atoms with van der Waals surface area (Å²) < 4.78 is 7.69. The maximum atomic E-state index is 12.6. The Labute approximate surface area is 161 Å². The molecule has 136 valence electrons. The molecular formula is C21H18ClN3O2. The zero-order chi connectivity index (χ0) is 18.8. The average molecular weight is 380 g/mol. The summed E-state index contributed by atoms with van der Waals surface area (Å²) >= 11 is 5.91. The van der Waals surface area contributed by atoms with Crippen LogP contribution in [0.3, 0.4) is 0 Å². The zero-order valence-corrected chi connectivity index (χ0v) is 15.5. The summed E-state index contributed by atoms with van der Waals surface area (Å²) in [4.78, 5) is 16.9. The van der Waals surface area contributed by atoms with Crippen molar-refractivity contribution in [3.8, 4) is 11.3 Å². The summed E-state index contributed by atoms with van der Waals surface area (Å²) in [5.41, 5.74) is 2.74. The van der Waals surface area contributed by atoms with E-state index in [0.717, 1.165) is 22.4 Å². The molecule has 4 rings (SSSR count). The number of fused-ring (bicyclic) bond motifs is 1. The van der Waals surface area contributed by atoms with Gasteiger partial charge in [0.2, 0.25) is 5.91 Å². The summed E-state index contributed by atoms with van der Waals surface area (Å²) in [6.45, 7) is 2.17. The maximum Gasteiger partial charge on any atom is 0.243 e. The van der Waals surface area contributed by atoms with Gasteiger partial charge in [-0.2, -0.15) is 0 Å². The standard InChI is InChI=1S/C21H18ClN3O2/c1-14(25-13-24-18-4-2-3-5-19(18)25)21(26)23-12-17-10-11-20(27-17)15-6-8-16(22)9-7-15/h2-11,13-14H,12H2,1H3,(H,23,26). The minimum Gasteiger partial charge on any atom is -0.459 e. The fourth-order valence-electron chi connectivity index (χ4n) is 2.98. The Bertz CT molecular complexity index is 1080. The van der Waals surface area contributed by atoms with E-state index in [1.807, 2.05) is 72.2 Å². The van der Waals surface area contributed by atoms with Crippen molar-refractivity contribution in [1.82, 2.24) is 14.9 Å². The van der Waals surface area contributed by atoms with Crippen molar-refractivity contribution in [1.29, 1.82) is 0 Å². The van der Waals surface area contributed by atoms with E-state index < -0.39 is 0 Å². The SMILES string of the molecule is CC(C(=O)NCc1ccc(-c2ccc(Cl)cc2)o1)n1cnc2ccccc21. The molecule has 1 N–H and O–H groups in total. The van der Waals surface area contributed by atoms with Crippen LogP contribution in [0.4, 0.5) is 0 Å². The van der Waals surface area contributed by atoms with Crippen LogP contribution in [0.5, 0.6) is 0 Å². The second-order valence-electron chi connectivity index (χ2n) is 6.31. The largest absolute Gasteiger partial charge is 0.459 e. The Morgan fingerprint density at radius 1 is 1.15 bits per heavy atom. The summed E-state index contributed by atoms with van der Waals surface area (Å²) in [5, 5.41) is 3.60.